The third kappa shape index (κ3) is 7.07. The summed E-state index contributed by atoms with van der Waals surface area (Å²) in [4.78, 5) is 20.3. The van der Waals surface area contributed by atoms with E-state index in [0.717, 1.165) is 0 Å². The fraction of sp³-hybridized carbons (Fsp3) is 0.0909. The van der Waals surface area contributed by atoms with Crippen molar-refractivity contribution in [3.05, 3.63) is 82.6 Å². The van der Waals surface area contributed by atoms with Crippen LogP contribution in [0.3, 0.4) is 0 Å². The molecule has 0 spiro atoms. The lowest BCUT2D eigenvalue weighted by Crippen LogP contribution is -2.32. The molecule has 0 bridgehead atoms. The molecule has 1 aromatic heterocycles. The van der Waals surface area contributed by atoms with Crippen LogP contribution in [0, 0.1) is 13.8 Å². The second-order valence-corrected chi connectivity index (χ2v) is 9.40. The van der Waals surface area contributed by atoms with Crippen LogP contribution in [0.25, 0.3) is 6.08 Å². The number of aryl methyl sites for hydroxylation is 2. The molecule has 1 amide bonds. The molecule has 0 aliphatic heterocycles. The van der Waals surface area contributed by atoms with Crippen LogP contribution in [-0.2, 0) is 14.8 Å². The van der Waals surface area contributed by atoms with E-state index in [1.54, 1.807) is 44.2 Å². The minimum absolute atomic E-state index is 0.00318. The molecule has 0 aliphatic carbocycles. The number of sulfonamides is 1. The SMILES string of the molecule is Cc1cc(C)nc(NS(=O)(=O)c2ccc(NC(=S)NC(=O)C=Cc3ccccc3Cl)cc2)n1. The van der Waals surface area contributed by atoms with Crippen LogP contribution in [0.15, 0.2) is 65.6 Å². The number of rotatable bonds is 6. The highest BCUT2D eigenvalue weighted by Crippen LogP contribution is 2.18. The number of hydrogen-bond donors (Lipinski definition) is 3. The Morgan fingerprint density at radius 1 is 1.03 bits per heavy atom. The monoisotopic (exact) mass is 501 g/mol. The van der Waals surface area contributed by atoms with Crippen LogP contribution in [0.2, 0.25) is 5.02 Å². The van der Waals surface area contributed by atoms with Gasteiger partial charge in [0, 0.05) is 28.2 Å². The number of carbonyl (C=O) groups is 1. The van der Waals surface area contributed by atoms with Gasteiger partial charge in [0.25, 0.3) is 10.0 Å². The molecule has 0 fully saturated rings. The summed E-state index contributed by atoms with van der Waals surface area (Å²) in [5, 5.41) is 5.92. The first kappa shape index (κ1) is 24.3. The van der Waals surface area contributed by atoms with E-state index in [2.05, 4.69) is 25.3 Å². The molecule has 0 unspecified atom stereocenters. The summed E-state index contributed by atoms with van der Waals surface area (Å²) in [5.74, 6) is -0.437. The molecule has 3 rings (SSSR count). The Balaban J connectivity index is 1.59. The maximum Gasteiger partial charge on any atom is 0.264 e. The van der Waals surface area contributed by atoms with E-state index in [9.17, 15) is 13.2 Å². The van der Waals surface area contributed by atoms with Crippen molar-refractivity contribution in [2.24, 2.45) is 0 Å². The number of benzene rings is 2. The van der Waals surface area contributed by atoms with Gasteiger partial charge in [-0.05, 0) is 74.1 Å². The van der Waals surface area contributed by atoms with E-state index in [4.69, 9.17) is 23.8 Å². The largest absolute Gasteiger partial charge is 0.332 e. The van der Waals surface area contributed by atoms with E-state index < -0.39 is 15.9 Å². The number of amides is 1. The van der Waals surface area contributed by atoms with Gasteiger partial charge in [-0.2, -0.15) is 0 Å². The van der Waals surface area contributed by atoms with E-state index in [0.29, 0.717) is 27.7 Å². The highest BCUT2D eigenvalue weighted by molar-refractivity contribution is 7.92. The first-order valence-electron chi connectivity index (χ1n) is 9.62. The van der Waals surface area contributed by atoms with E-state index >= 15 is 0 Å². The molecule has 3 N–H and O–H groups in total. The van der Waals surface area contributed by atoms with Gasteiger partial charge in [0.05, 0.1) is 4.90 Å². The predicted molar refractivity (Wildman–Crippen MR) is 134 cm³/mol. The maximum atomic E-state index is 12.6. The second kappa shape index (κ2) is 10.5. The zero-order valence-electron chi connectivity index (χ0n) is 17.7. The minimum Gasteiger partial charge on any atom is -0.332 e. The van der Waals surface area contributed by atoms with Crippen molar-refractivity contribution in [1.29, 1.82) is 0 Å². The average molecular weight is 502 g/mol. The van der Waals surface area contributed by atoms with Crippen molar-refractivity contribution in [2.75, 3.05) is 10.0 Å². The fourth-order valence-electron chi connectivity index (χ4n) is 2.76. The molecule has 0 saturated heterocycles. The summed E-state index contributed by atoms with van der Waals surface area (Å²) in [5.41, 5.74) is 2.50. The Bertz CT molecular complexity index is 1310. The number of anilines is 2. The summed E-state index contributed by atoms with van der Waals surface area (Å²) >= 11 is 11.2. The van der Waals surface area contributed by atoms with Crippen molar-refractivity contribution in [1.82, 2.24) is 15.3 Å². The summed E-state index contributed by atoms with van der Waals surface area (Å²) in [6, 6.07) is 14.7. The number of aromatic nitrogens is 2. The summed E-state index contributed by atoms with van der Waals surface area (Å²) in [6.45, 7) is 3.50. The molecular formula is C22H20ClN5O3S2. The summed E-state index contributed by atoms with van der Waals surface area (Å²) in [6.07, 6.45) is 2.89. The molecule has 2 aromatic carbocycles. The number of carbonyl (C=O) groups excluding carboxylic acids is 1. The molecule has 170 valence electrons. The number of halogens is 1. The van der Waals surface area contributed by atoms with Crippen LogP contribution in [-0.4, -0.2) is 29.4 Å². The molecule has 8 nitrogen and oxygen atoms in total. The maximum absolute atomic E-state index is 12.6. The van der Waals surface area contributed by atoms with Gasteiger partial charge in [-0.1, -0.05) is 29.8 Å². The number of nitrogens with one attached hydrogen (secondary N) is 3. The number of nitrogens with zero attached hydrogens (tertiary/aromatic N) is 2. The van der Waals surface area contributed by atoms with Gasteiger partial charge in [-0.3, -0.25) is 10.1 Å². The normalized spacial score (nSPS) is 11.2. The molecule has 11 heteroatoms. The Labute approximate surface area is 202 Å². The quantitative estimate of drug-likeness (QED) is 0.344. The predicted octanol–water partition coefficient (Wildman–Crippen LogP) is 4.07. The van der Waals surface area contributed by atoms with E-state index in [1.807, 2.05) is 6.07 Å². The molecule has 3 aromatic rings. The standard InChI is InChI=1S/C22H20ClN5O3S2/c1-14-13-15(2)25-21(24-14)28-33(30,31)18-10-8-17(9-11-18)26-22(32)27-20(29)12-7-16-5-3-4-6-19(16)23/h3-13H,1-2H3,(H,24,25,28)(H2,26,27,29,32). The van der Waals surface area contributed by atoms with Gasteiger partial charge in [0.1, 0.15) is 0 Å². The van der Waals surface area contributed by atoms with Crippen molar-refractivity contribution >= 4 is 62.6 Å². The van der Waals surface area contributed by atoms with Crippen LogP contribution >= 0.6 is 23.8 Å². The van der Waals surface area contributed by atoms with Crippen LogP contribution in [0.4, 0.5) is 11.6 Å². The van der Waals surface area contributed by atoms with Crippen LogP contribution in [0.5, 0.6) is 0 Å². The summed E-state index contributed by atoms with van der Waals surface area (Å²) < 4.78 is 27.6. The second-order valence-electron chi connectivity index (χ2n) is 6.90. The van der Waals surface area contributed by atoms with Gasteiger partial charge < -0.3 is 5.32 Å². The lowest BCUT2D eigenvalue weighted by atomic mass is 10.2. The van der Waals surface area contributed by atoms with Crippen molar-refractivity contribution in [2.45, 2.75) is 18.7 Å². The molecule has 1 heterocycles. The Morgan fingerprint density at radius 3 is 2.30 bits per heavy atom. The van der Waals surface area contributed by atoms with Crippen molar-refractivity contribution < 1.29 is 13.2 Å². The van der Waals surface area contributed by atoms with E-state index in [-0.39, 0.29) is 16.0 Å². The minimum atomic E-state index is -3.87. The van der Waals surface area contributed by atoms with Gasteiger partial charge in [-0.25, -0.2) is 23.1 Å². The van der Waals surface area contributed by atoms with Crippen LogP contribution < -0.4 is 15.4 Å². The van der Waals surface area contributed by atoms with Crippen molar-refractivity contribution in [3.8, 4) is 0 Å². The lowest BCUT2D eigenvalue weighted by molar-refractivity contribution is -0.115. The third-order valence-corrected chi connectivity index (χ3v) is 6.08. The van der Waals surface area contributed by atoms with Gasteiger partial charge in [0.15, 0.2) is 5.11 Å². The van der Waals surface area contributed by atoms with Crippen molar-refractivity contribution in [3.63, 3.8) is 0 Å². The zero-order valence-corrected chi connectivity index (χ0v) is 20.1. The zero-order chi connectivity index (χ0) is 24.0. The molecular weight excluding hydrogens is 482 g/mol. The van der Waals surface area contributed by atoms with Gasteiger partial charge >= 0.3 is 0 Å². The molecule has 0 aliphatic rings. The smallest absolute Gasteiger partial charge is 0.264 e. The molecule has 0 saturated carbocycles. The molecule has 0 atom stereocenters. The third-order valence-electron chi connectivity index (χ3n) is 4.19. The van der Waals surface area contributed by atoms with Gasteiger partial charge in [-0.15, -0.1) is 0 Å². The topological polar surface area (TPSA) is 113 Å². The summed E-state index contributed by atoms with van der Waals surface area (Å²) in [7, 11) is -3.87. The molecule has 33 heavy (non-hydrogen) atoms. The fourth-order valence-corrected chi connectivity index (χ4v) is 4.12. The average Bonchev–Trinajstić information content (AvgIpc) is 2.72. The Hall–Kier alpha value is -3.34. The first-order chi connectivity index (χ1) is 15.6. The number of hydrogen-bond acceptors (Lipinski definition) is 6. The van der Waals surface area contributed by atoms with Crippen LogP contribution in [0.1, 0.15) is 17.0 Å². The Morgan fingerprint density at radius 2 is 1.67 bits per heavy atom. The van der Waals surface area contributed by atoms with Gasteiger partial charge in [0.2, 0.25) is 11.9 Å². The Kier molecular flexibility index (Phi) is 7.75. The van der Waals surface area contributed by atoms with E-state index in [1.165, 1.54) is 30.3 Å². The number of thiocarbonyl (C=S) groups is 1. The first-order valence-corrected chi connectivity index (χ1v) is 11.9. The lowest BCUT2D eigenvalue weighted by Gasteiger charge is -2.10. The highest BCUT2D eigenvalue weighted by atomic mass is 35.5. The highest BCUT2D eigenvalue weighted by Gasteiger charge is 2.16. The molecule has 0 radical (unpaired) electrons.